The molecule has 0 radical (unpaired) electrons. The SMILES string of the molecule is CCOCCCN(CC)C1COCC1C(=O)O. The Morgan fingerprint density at radius 3 is 2.82 bits per heavy atom. The van der Waals surface area contributed by atoms with E-state index in [1.165, 1.54) is 0 Å². The fraction of sp³-hybridized carbons (Fsp3) is 0.917. The van der Waals surface area contributed by atoms with Gasteiger partial charge in [0, 0.05) is 25.8 Å². The Morgan fingerprint density at radius 2 is 2.24 bits per heavy atom. The lowest BCUT2D eigenvalue weighted by Gasteiger charge is -2.28. The van der Waals surface area contributed by atoms with E-state index in [0.29, 0.717) is 13.2 Å². The number of rotatable bonds is 8. The molecular weight excluding hydrogens is 222 g/mol. The fourth-order valence-corrected chi connectivity index (χ4v) is 2.21. The van der Waals surface area contributed by atoms with Gasteiger partial charge in [0.25, 0.3) is 0 Å². The van der Waals surface area contributed by atoms with Crippen LogP contribution in [0, 0.1) is 5.92 Å². The first-order chi connectivity index (χ1) is 8.20. The second-order valence-corrected chi connectivity index (χ2v) is 4.23. The Bertz CT molecular complexity index is 235. The summed E-state index contributed by atoms with van der Waals surface area (Å²) in [4.78, 5) is 13.3. The van der Waals surface area contributed by atoms with Crippen molar-refractivity contribution in [2.75, 3.05) is 39.5 Å². The van der Waals surface area contributed by atoms with E-state index >= 15 is 0 Å². The van der Waals surface area contributed by atoms with E-state index < -0.39 is 5.97 Å². The highest BCUT2D eigenvalue weighted by Crippen LogP contribution is 2.20. The van der Waals surface area contributed by atoms with Gasteiger partial charge >= 0.3 is 5.97 Å². The van der Waals surface area contributed by atoms with E-state index in [1.54, 1.807) is 0 Å². The molecule has 2 atom stereocenters. The third-order valence-corrected chi connectivity index (χ3v) is 3.18. The van der Waals surface area contributed by atoms with Crippen molar-refractivity contribution in [3.63, 3.8) is 0 Å². The van der Waals surface area contributed by atoms with E-state index in [9.17, 15) is 4.79 Å². The summed E-state index contributed by atoms with van der Waals surface area (Å²) in [6.45, 7) is 8.08. The van der Waals surface area contributed by atoms with Crippen molar-refractivity contribution in [2.24, 2.45) is 5.92 Å². The van der Waals surface area contributed by atoms with Gasteiger partial charge in [-0.05, 0) is 19.9 Å². The summed E-state index contributed by atoms with van der Waals surface area (Å²) < 4.78 is 10.6. The molecule has 5 heteroatoms. The summed E-state index contributed by atoms with van der Waals surface area (Å²) in [7, 11) is 0. The molecule has 1 fully saturated rings. The van der Waals surface area contributed by atoms with Gasteiger partial charge in [-0.3, -0.25) is 9.69 Å². The Balaban J connectivity index is 2.40. The van der Waals surface area contributed by atoms with Gasteiger partial charge in [0.1, 0.15) is 0 Å². The van der Waals surface area contributed by atoms with Crippen LogP contribution in [0.15, 0.2) is 0 Å². The van der Waals surface area contributed by atoms with E-state index in [1.807, 2.05) is 6.92 Å². The van der Waals surface area contributed by atoms with Crippen LogP contribution in [0.1, 0.15) is 20.3 Å². The molecule has 0 spiro atoms. The van der Waals surface area contributed by atoms with Crippen molar-refractivity contribution >= 4 is 5.97 Å². The van der Waals surface area contributed by atoms with Crippen LogP contribution in [-0.2, 0) is 14.3 Å². The number of carbonyl (C=O) groups is 1. The quantitative estimate of drug-likeness (QED) is 0.642. The summed E-state index contributed by atoms with van der Waals surface area (Å²) in [6.07, 6.45) is 0.935. The molecule has 1 heterocycles. The number of hydrogen-bond acceptors (Lipinski definition) is 4. The maximum absolute atomic E-state index is 11.1. The Hall–Kier alpha value is -0.650. The summed E-state index contributed by atoms with van der Waals surface area (Å²) in [5.74, 6) is -1.14. The average molecular weight is 245 g/mol. The standard InChI is InChI=1S/C12H23NO4/c1-3-13(6-5-7-16-4-2)11-9-17-8-10(11)12(14)15/h10-11H,3-9H2,1-2H3,(H,14,15). The normalized spacial score (nSPS) is 24.4. The Kier molecular flexibility index (Phi) is 6.47. The monoisotopic (exact) mass is 245 g/mol. The lowest BCUT2D eigenvalue weighted by atomic mass is 10.0. The molecule has 0 aromatic carbocycles. The first kappa shape index (κ1) is 14.4. The molecule has 1 saturated heterocycles. The van der Waals surface area contributed by atoms with Crippen LogP contribution < -0.4 is 0 Å². The molecule has 0 aromatic heterocycles. The van der Waals surface area contributed by atoms with Gasteiger partial charge in [0.05, 0.1) is 19.1 Å². The van der Waals surface area contributed by atoms with Crippen molar-refractivity contribution in [3.8, 4) is 0 Å². The number of aliphatic carboxylic acids is 1. The maximum atomic E-state index is 11.1. The second kappa shape index (κ2) is 7.63. The number of carboxylic acid groups (broad SMARTS) is 1. The van der Waals surface area contributed by atoms with Gasteiger partial charge in [-0.15, -0.1) is 0 Å². The topological polar surface area (TPSA) is 59.0 Å². The summed E-state index contributed by atoms with van der Waals surface area (Å²) in [6, 6.07) is 0.0131. The van der Waals surface area contributed by atoms with Gasteiger partial charge in [-0.1, -0.05) is 6.92 Å². The van der Waals surface area contributed by atoms with Crippen LogP contribution in [-0.4, -0.2) is 61.5 Å². The molecule has 0 saturated carbocycles. The molecule has 5 nitrogen and oxygen atoms in total. The van der Waals surface area contributed by atoms with Crippen molar-refractivity contribution in [2.45, 2.75) is 26.3 Å². The highest BCUT2D eigenvalue weighted by molar-refractivity contribution is 5.71. The predicted octanol–water partition coefficient (Wildman–Crippen LogP) is 0.835. The zero-order valence-electron chi connectivity index (χ0n) is 10.7. The van der Waals surface area contributed by atoms with Crippen LogP contribution in [0.5, 0.6) is 0 Å². The summed E-state index contributed by atoms with van der Waals surface area (Å²) in [5.41, 5.74) is 0. The number of hydrogen-bond donors (Lipinski definition) is 1. The minimum Gasteiger partial charge on any atom is -0.481 e. The first-order valence-corrected chi connectivity index (χ1v) is 6.33. The zero-order chi connectivity index (χ0) is 12.7. The van der Waals surface area contributed by atoms with E-state index in [4.69, 9.17) is 14.6 Å². The first-order valence-electron chi connectivity index (χ1n) is 6.33. The molecule has 1 rings (SSSR count). The third kappa shape index (κ3) is 4.26. The molecular formula is C12H23NO4. The minimum absolute atomic E-state index is 0.0131. The molecule has 17 heavy (non-hydrogen) atoms. The van der Waals surface area contributed by atoms with Crippen molar-refractivity contribution in [3.05, 3.63) is 0 Å². The Labute approximate surface area is 103 Å². The predicted molar refractivity (Wildman–Crippen MR) is 64.1 cm³/mol. The molecule has 2 unspecified atom stereocenters. The molecule has 1 N–H and O–H groups in total. The number of likely N-dealkylation sites (N-methyl/N-ethyl adjacent to an activating group) is 1. The maximum Gasteiger partial charge on any atom is 0.310 e. The summed E-state index contributed by atoms with van der Waals surface area (Å²) >= 11 is 0. The van der Waals surface area contributed by atoms with E-state index in [2.05, 4.69) is 11.8 Å². The van der Waals surface area contributed by atoms with Crippen LogP contribution in [0.3, 0.4) is 0 Å². The summed E-state index contributed by atoms with van der Waals surface area (Å²) in [5, 5.41) is 9.11. The molecule has 0 amide bonds. The van der Waals surface area contributed by atoms with Gasteiger partial charge in [0.2, 0.25) is 0 Å². The van der Waals surface area contributed by atoms with Crippen LogP contribution in [0.2, 0.25) is 0 Å². The van der Waals surface area contributed by atoms with Crippen LogP contribution in [0.4, 0.5) is 0 Å². The van der Waals surface area contributed by atoms with Gasteiger partial charge in [0.15, 0.2) is 0 Å². The number of nitrogens with zero attached hydrogens (tertiary/aromatic N) is 1. The van der Waals surface area contributed by atoms with Gasteiger partial charge < -0.3 is 14.6 Å². The fourth-order valence-electron chi connectivity index (χ4n) is 2.21. The minimum atomic E-state index is -0.754. The molecule has 100 valence electrons. The lowest BCUT2D eigenvalue weighted by molar-refractivity contribution is -0.143. The molecule has 1 aliphatic rings. The lowest BCUT2D eigenvalue weighted by Crippen LogP contribution is -2.43. The van der Waals surface area contributed by atoms with Crippen molar-refractivity contribution in [1.82, 2.24) is 4.90 Å². The molecule has 1 aliphatic heterocycles. The number of carboxylic acids is 1. The van der Waals surface area contributed by atoms with E-state index in [0.717, 1.165) is 32.7 Å². The highest BCUT2D eigenvalue weighted by Gasteiger charge is 2.37. The molecule has 0 aliphatic carbocycles. The largest absolute Gasteiger partial charge is 0.481 e. The van der Waals surface area contributed by atoms with E-state index in [-0.39, 0.29) is 12.0 Å². The van der Waals surface area contributed by atoms with Crippen molar-refractivity contribution < 1.29 is 19.4 Å². The third-order valence-electron chi connectivity index (χ3n) is 3.18. The number of ether oxygens (including phenoxy) is 2. The molecule has 0 bridgehead atoms. The van der Waals surface area contributed by atoms with Crippen LogP contribution in [0.25, 0.3) is 0 Å². The smallest absolute Gasteiger partial charge is 0.310 e. The molecule has 0 aromatic rings. The highest BCUT2D eigenvalue weighted by atomic mass is 16.5. The average Bonchev–Trinajstić information content (AvgIpc) is 2.78. The van der Waals surface area contributed by atoms with Gasteiger partial charge in [-0.25, -0.2) is 0 Å². The second-order valence-electron chi connectivity index (χ2n) is 4.23. The van der Waals surface area contributed by atoms with Gasteiger partial charge in [-0.2, -0.15) is 0 Å². The zero-order valence-corrected chi connectivity index (χ0v) is 10.7. The Morgan fingerprint density at radius 1 is 1.47 bits per heavy atom. The van der Waals surface area contributed by atoms with Crippen molar-refractivity contribution in [1.29, 1.82) is 0 Å². The van der Waals surface area contributed by atoms with Crippen LogP contribution >= 0.6 is 0 Å².